The maximum Gasteiger partial charge on any atom is 0.0165 e. The fraction of sp³-hybridized carbons (Fsp3) is 0.455. The molecule has 1 rings (SSSR count). The molecule has 0 heterocycles. The van der Waals surface area contributed by atoms with Crippen LogP contribution in [0, 0.1) is 5.41 Å². The SMILES string of the molecule is CC(C)(C)C(c1ccccc1)P(=O)([O-])[O-]. The van der Waals surface area contributed by atoms with Gasteiger partial charge < -0.3 is 14.4 Å². The maximum atomic E-state index is 11.3. The van der Waals surface area contributed by atoms with Gasteiger partial charge >= 0.3 is 0 Å². The fourth-order valence-electron chi connectivity index (χ4n) is 1.79. The molecule has 1 unspecified atom stereocenters. The lowest BCUT2D eigenvalue weighted by Crippen LogP contribution is -2.29. The van der Waals surface area contributed by atoms with Gasteiger partial charge in [-0.1, -0.05) is 58.7 Å². The Morgan fingerprint density at radius 1 is 1.13 bits per heavy atom. The summed E-state index contributed by atoms with van der Waals surface area (Å²) in [5, 5.41) is 0. The Morgan fingerprint density at radius 3 is 1.93 bits per heavy atom. The third kappa shape index (κ3) is 3.16. The van der Waals surface area contributed by atoms with Gasteiger partial charge in [-0.25, -0.2) is 0 Å². The molecule has 1 atom stereocenters. The zero-order chi connectivity index (χ0) is 11.7. The summed E-state index contributed by atoms with van der Waals surface area (Å²) in [6.07, 6.45) is 0. The molecule has 0 aliphatic carbocycles. The van der Waals surface area contributed by atoms with Crippen LogP contribution in [-0.2, 0) is 4.57 Å². The Hall–Kier alpha value is -0.630. The molecule has 4 heteroatoms. The van der Waals surface area contributed by atoms with Gasteiger partial charge in [-0.2, -0.15) is 0 Å². The predicted molar refractivity (Wildman–Crippen MR) is 56.2 cm³/mol. The second-order valence-electron chi connectivity index (χ2n) is 4.72. The molecular weight excluding hydrogens is 211 g/mol. The molecule has 0 amide bonds. The standard InChI is InChI=1S/C11H17O3P/c1-11(2,3)10(15(12,13)14)9-7-5-4-6-8-9/h4-8,10H,1-3H3,(H2,12,13,14)/p-2. The molecule has 3 nitrogen and oxygen atoms in total. The quantitative estimate of drug-likeness (QED) is 0.721. The highest BCUT2D eigenvalue weighted by Crippen LogP contribution is 2.54. The summed E-state index contributed by atoms with van der Waals surface area (Å²) in [6.45, 7) is 5.27. The van der Waals surface area contributed by atoms with E-state index in [2.05, 4.69) is 0 Å². The molecule has 0 spiro atoms. The summed E-state index contributed by atoms with van der Waals surface area (Å²) in [5.74, 6) is 0. The summed E-state index contributed by atoms with van der Waals surface area (Å²) < 4.78 is 11.3. The van der Waals surface area contributed by atoms with Crippen LogP contribution in [-0.4, -0.2) is 0 Å². The molecule has 0 aliphatic heterocycles. The molecule has 0 bridgehead atoms. The van der Waals surface area contributed by atoms with E-state index in [4.69, 9.17) is 0 Å². The first-order chi connectivity index (χ1) is 6.73. The van der Waals surface area contributed by atoms with Crippen LogP contribution in [0.1, 0.15) is 32.0 Å². The van der Waals surface area contributed by atoms with Crippen molar-refractivity contribution in [3.8, 4) is 0 Å². The van der Waals surface area contributed by atoms with E-state index in [1.54, 1.807) is 51.1 Å². The Labute approximate surface area is 90.3 Å². The first kappa shape index (κ1) is 12.4. The first-order valence-corrected chi connectivity index (χ1v) is 6.41. The van der Waals surface area contributed by atoms with Crippen LogP contribution in [0.15, 0.2) is 30.3 Å². The van der Waals surface area contributed by atoms with E-state index in [0.29, 0.717) is 5.56 Å². The van der Waals surface area contributed by atoms with E-state index in [1.807, 2.05) is 0 Å². The van der Waals surface area contributed by atoms with E-state index in [9.17, 15) is 14.4 Å². The maximum absolute atomic E-state index is 11.3. The molecule has 1 aromatic rings. The predicted octanol–water partition coefficient (Wildman–Crippen LogP) is 1.69. The first-order valence-electron chi connectivity index (χ1n) is 4.79. The lowest BCUT2D eigenvalue weighted by atomic mass is 9.87. The van der Waals surface area contributed by atoms with Crippen molar-refractivity contribution >= 4 is 7.60 Å². The molecular formula is C11H15O3P-2. The molecule has 1 aromatic carbocycles. The van der Waals surface area contributed by atoms with E-state index in [1.165, 1.54) is 0 Å². The number of rotatable bonds is 2. The minimum atomic E-state index is -4.62. The third-order valence-corrected chi connectivity index (χ3v) is 3.96. The highest BCUT2D eigenvalue weighted by molar-refractivity contribution is 7.49. The van der Waals surface area contributed by atoms with Gasteiger partial charge in [-0.05, 0) is 11.0 Å². The summed E-state index contributed by atoms with van der Waals surface area (Å²) in [7, 11) is -4.62. The monoisotopic (exact) mass is 226 g/mol. The Kier molecular flexibility index (Phi) is 3.39. The molecule has 0 aromatic heterocycles. The van der Waals surface area contributed by atoms with E-state index < -0.39 is 18.7 Å². The van der Waals surface area contributed by atoms with Gasteiger partial charge in [0.2, 0.25) is 0 Å². The zero-order valence-corrected chi connectivity index (χ0v) is 10.0. The number of hydrogen-bond acceptors (Lipinski definition) is 3. The molecule has 84 valence electrons. The van der Waals surface area contributed by atoms with Crippen LogP contribution in [0.5, 0.6) is 0 Å². The minimum Gasteiger partial charge on any atom is -0.810 e. The van der Waals surface area contributed by atoms with Gasteiger partial charge in [0.25, 0.3) is 0 Å². The van der Waals surface area contributed by atoms with Crippen LogP contribution in [0.2, 0.25) is 0 Å². The second kappa shape index (κ2) is 4.09. The minimum absolute atomic E-state index is 0.568. The van der Waals surface area contributed by atoms with Crippen molar-refractivity contribution in [1.29, 1.82) is 0 Å². The number of benzene rings is 1. The topological polar surface area (TPSA) is 63.2 Å². The van der Waals surface area contributed by atoms with Gasteiger partial charge in [0, 0.05) is 5.66 Å². The van der Waals surface area contributed by atoms with Crippen molar-refractivity contribution in [1.82, 2.24) is 0 Å². The van der Waals surface area contributed by atoms with Crippen LogP contribution >= 0.6 is 7.60 Å². The van der Waals surface area contributed by atoms with Crippen molar-refractivity contribution in [2.24, 2.45) is 5.41 Å². The van der Waals surface area contributed by atoms with Gasteiger partial charge in [0.15, 0.2) is 0 Å². The van der Waals surface area contributed by atoms with Crippen molar-refractivity contribution in [2.75, 3.05) is 0 Å². The fourth-order valence-corrected chi connectivity index (χ4v) is 3.28. The molecule has 0 fully saturated rings. The molecule has 15 heavy (non-hydrogen) atoms. The van der Waals surface area contributed by atoms with Crippen LogP contribution in [0.25, 0.3) is 0 Å². The number of hydrogen-bond donors (Lipinski definition) is 0. The van der Waals surface area contributed by atoms with Crippen molar-refractivity contribution < 1.29 is 14.4 Å². The molecule has 0 saturated heterocycles. The summed E-state index contributed by atoms with van der Waals surface area (Å²) in [6, 6.07) is 8.63. The van der Waals surface area contributed by atoms with Crippen molar-refractivity contribution in [3.05, 3.63) is 35.9 Å². The summed E-state index contributed by atoms with van der Waals surface area (Å²) >= 11 is 0. The zero-order valence-electron chi connectivity index (χ0n) is 9.14. The summed E-state index contributed by atoms with van der Waals surface area (Å²) in [4.78, 5) is 22.5. The van der Waals surface area contributed by atoms with Crippen molar-refractivity contribution in [2.45, 2.75) is 26.4 Å². The lowest BCUT2D eigenvalue weighted by Gasteiger charge is -2.46. The average Bonchev–Trinajstić information content (AvgIpc) is 2.00. The molecule has 0 aliphatic rings. The molecule has 0 N–H and O–H groups in total. The summed E-state index contributed by atoms with van der Waals surface area (Å²) in [5.41, 5.74) is -0.982. The Bertz CT molecular complexity index is 361. The van der Waals surface area contributed by atoms with Crippen molar-refractivity contribution in [3.63, 3.8) is 0 Å². The van der Waals surface area contributed by atoms with E-state index in [0.717, 1.165) is 0 Å². The van der Waals surface area contributed by atoms with Crippen LogP contribution in [0.3, 0.4) is 0 Å². The smallest absolute Gasteiger partial charge is 0.0165 e. The second-order valence-corrected chi connectivity index (χ2v) is 6.32. The Balaban J connectivity index is 3.21. The van der Waals surface area contributed by atoms with Gasteiger partial charge in [0.05, 0.1) is 0 Å². The van der Waals surface area contributed by atoms with Gasteiger partial charge in [0.1, 0.15) is 0 Å². The van der Waals surface area contributed by atoms with Crippen LogP contribution < -0.4 is 9.79 Å². The van der Waals surface area contributed by atoms with E-state index in [-0.39, 0.29) is 0 Å². The van der Waals surface area contributed by atoms with Gasteiger partial charge in [-0.15, -0.1) is 0 Å². The highest BCUT2D eigenvalue weighted by Gasteiger charge is 2.28. The molecule has 0 radical (unpaired) electrons. The molecule has 0 saturated carbocycles. The highest BCUT2D eigenvalue weighted by atomic mass is 31.2. The van der Waals surface area contributed by atoms with Gasteiger partial charge in [-0.3, -0.25) is 0 Å². The Morgan fingerprint density at radius 2 is 1.60 bits per heavy atom. The lowest BCUT2D eigenvalue weighted by molar-refractivity contribution is -0.318. The normalized spacial score (nSPS) is 15.0. The largest absolute Gasteiger partial charge is 0.810 e. The van der Waals surface area contributed by atoms with Crippen LogP contribution in [0.4, 0.5) is 0 Å². The third-order valence-electron chi connectivity index (χ3n) is 2.25. The average molecular weight is 226 g/mol. The van der Waals surface area contributed by atoms with E-state index >= 15 is 0 Å².